The highest BCUT2D eigenvalue weighted by atomic mass is 35.5. The number of unbranched alkanes of at least 4 members (excludes halogenated alkanes) is 2. The lowest BCUT2D eigenvalue weighted by molar-refractivity contribution is -0.137. The molecule has 0 bridgehead atoms. The zero-order valence-corrected chi connectivity index (χ0v) is 42.8. The van der Waals surface area contributed by atoms with Crippen molar-refractivity contribution in [2.75, 3.05) is 95.3 Å². The molecule has 0 unspecified atom stereocenters. The number of benzene rings is 4. The van der Waals surface area contributed by atoms with Crippen LogP contribution in [-0.2, 0) is 26.4 Å². The third-order valence-electron chi connectivity index (χ3n) is 10.0. The molecule has 71 heavy (non-hydrogen) atoms. The number of halogens is 5. The molecule has 0 spiro atoms. The molecule has 4 aromatic carbocycles. The van der Waals surface area contributed by atoms with Gasteiger partial charge in [0.05, 0.1) is 61.5 Å². The molecule has 2 aliphatic rings. The van der Waals surface area contributed by atoms with E-state index in [-0.39, 0.29) is 43.1 Å². The van der Waals surface area contributed by atoms with E-state index in [9.17, 15) is 30.0 Å². The van der Waals surface area contributed by atoms with E-state index in [4.69, 9.17) is 56.2 Å². The summed E-state index contributed by atoms with van der Waals surface area (Å²) in [5.74, 6) is 0.531. The SMILES string of the molecule is Cl.Cl.N=C(N)c1ccc(OCCCCCOc2ccc(C(=N)N)cc2)cc1.O=S(=O)(O)CCO.O=S(=O)(O)CCO.OCCN1CCN(CCCN2c3ccccc3Sc3ccc(C(F)(F)F)cc32)CC1. The van der Waals surface area contributed by atoms with Gasteiger partial charge in [-0.25, -0.2) is 0 Å². The lowest BCUT2D eigenvalue weighted by Crippen LogP contribution is -2.47. The van der Waals surface area contributed by atoms with Crippen LogP contribution in [0.25, 0.3) is 0 Å². The number of aliphatic hydroxyl groups is 3. The summed E-state index contributed by atoms with van der Waals surface area (Å²) >= 11 is 1.53. The highest BCUT2D eigenvalue weighted by Gasteiger charge is 2.33. The standard InChI is InChI=1S/C22H26F3N3OS.C19H24N4O2.2C2H6O4S.2ClH/c23-22(24,25)17-6-7-21-19(16-17)28(18-4-1-2-5-20(18)30-21)9-3-8-26-10-12-27(13-11-26)14-15-29;20-18(21)14-4-8-16(9-5-14)24-12-2-1-3-13-25-17-10-6-15(7-11-17)19(22)23;2*3-1-2-7(4,5)6;;/h1-2,4-7,16,29H,3,8-15H2;4-11H,1-3,12-13H2,(H3,20,21)(H3,22,23);2*3H,1-2H2,(H,4,5,6);2*1H. The Bertz CT molecular complexity index is 2330. The molecule has 26 heteroatoms. The van der Waals surface area contributed by atoms with Crippen molar-refractivity contribution in [2.45, 2.75) is 41.7 Å². The average molecular weight is 1100 g/mol. The maximum absolute atomic E-state index is 13.3. The number of amidine groups is 2. The number of hydrogen-bond donors (Lipinski definition) is 9. The number of aliphatic hydroxyl groups excluding tert-OH is 3. The number of fused-ring (bicyclic) bond motifs is 2. The predicted octanol–water partition coefficient (Wildman–Crippen LogP) is 5.77. The van der Waals surface area contributed by atoms with Crippen molar-refractivity contribution in [1.82, 2.24) is 9.80 Å². The molecule has 398 valence electrons. The fraction of sp³-hybridized carbons (Fsp3) is 0.422. The van der Waals surface area contributed by atoms with Gasteiger partial charge in [0.25, 0.3) is 20.2 Å². The van der Waals surface area contributed by atoms with Gasteiger partial charge in [-0.1, -0.05) is 23.9 Å². The first kappa shape index (κ1) is 64.6. The first-order chi connectivity index (χ1) is 32.6. The van der Waals surface area contributed by atoms with Gasteiger partial charge in [-0.05, 0) is 111 Å². The number of para-hydroxylation sites is 1. The summed E-state index contributed by atoms with van der Waals surface area (Å²) in [5, 5.41) is 39.5. The number of β-amino-alcohol motifs (C(OH)–C–C–N with tert-alkyl or cyclic N) is 1. The Kier molecular flexibility index (Phi) is 29.6. The van der Waals surface area contributed by atoms with Crippen LogP contribution < -0.4 is 25.8 Å². The minimum atomic E-state index is -4.35. The summed E-state index contributed by atoms with van der Waals surface area (Å²) in [5.41, 5.74) is 13.2. The summed E-state index contributed by atoms with van der Waals surface area (Å²) in [6.45, 7) is 6.53. The fourth-order valence-electron chi connectivity index (χ4n) is 6.53. The highest BCUT2D eigenvalue weighted by Crippen LogP contribution is 2.49. The molecule has 4 aromatic rings. The van der Waals surface area contributed by atoms with Crippen LogP contribution in [0.15, 0.2) is 101 Å². The van der Waals surface area contributed by atoms with E-state index in [0.717, 1.165) is 85.4 Å². The summed E-state index contributed by atoms with van der Waals surface area (Å²) in [4.78, 5) is 8.62. The van der Waals surface area contributed by atoms with Crippen LogP contribution in [0.5, 0.6) is 11.5 Å². The molecule has 18 nitrogen and oxygen atoms in total. The van der Waals surface area contributed by atoms with Crippen molar-refractivity contribution in [3.8, 4) is 11.5 Å². The van der Waals surface area contributed by atoms with Crippen LogP contribution in [0.1, 0.15) is 42.4 Å². The number of anilines is 2. The van der Waals surface area contributed by atoms with Crippen molar-refractivity contribution < 1.29 is 63.9 Å². The molecule has 0 saturated carbocycles. The molecule has 0 aromatic heterocycles. The highest BCUT2D eigenvalue weighted by molar-refractivity contribution is 7.99. The molecule has 0 radical (unpaired) electrons. The third kappa shape index (κ3) is 25.2. The van der Waals surface area contributed by atoms with Crippen molar-refractivity contribution in [1.29, 1.82) is 10.8 Å². The van der Waals surface area contributed by atoms with Gasteiger partial charge in [0, 0.05) is 60.2 Å². The topological polar surface area (TPSA) is 297 Å². The van der Waals surface area contributed by atoms with Crippen molar-refractivity contribution in [3.63, 3.8) is 0 Å². The Balaban J connectivity index is 0.000000553. The first-order valence-electron chi connectivity index (χ1n) is 21.7. The number of nitrogens with zero attached hydrogens (tertiary/aromatic N) is 3. The van der Waals surface area contributed by atoms with Gasteiger partial charge in [-0.3, -0.25) is 24.8 Å². The van der Waals surface area contributed by atoms with E-state index in [1.54, 1.807) is 30.3 Å². The smallest absolute Gasteiger partial charge is 0.416 e. The number of alkyl halides is 3. The van der Waals surface area contributed by atoms with Crippen molar-refractivity contribution in [2.24, 2.45) is 11.5 Å². The predicted molar refractivity (Wildman–Crippen MR) is 275 cm³/mol. The maximum Gasteiger partial charge on any atom is 0.416 e. The summed E-state index contributed by atoms with van der Waals surface area (Å²) in [7, 11) is -7.85. The maximum atomic E-state index is 13.3. The second kappa shape index (κ2) is 32.6. The van der Waals surface area contributed by atoms with Crippen LogP contribution in [0.2, 0.25) is 0 Å². The Morgan fingerprint density at radius 1 is 0.606 bits per heavy atom. The second-order valence-corrected chi connectivity index (χ2v) is 19.5. The normalized spacial score (nSPS) is 13.4. The van der Waals surface area contributed by atoms with Crippen molar-refractivity contribution in [3.05, 3.63) is 108 Å². The van der Waals surface area contributed by atoms with Crippen LogP contribution >= 0.6 is 36.6 Å². The lowest BCUT2D eigenvalue weighted by atomic mass is 10.1. The van der Waals surface area contributed by atoms with E-state index < -0.39 is 56.7 Å². The molecular formula is C45H64Cl2F3N7O11S3. The monoisotopic (exact) mass is 1100 g/mol. The number of hydrogen-bond acceptors (Lipinski definition) is 15. The molecule has 0 aliphatic carbocycles. The zero-order valence-electron chi connectivity index (χ0n) is 38.7. The molecule has 1 fully saturated rings. The molecule has 6 rings (SSSR count). The molecule has 1 saturated heterocycles. The molecule has 0 amide bonds. The average Bonchev–Trinajstić information content (AvgIpc) is 3.29. The van der Waals surface area contributed by atoms with Gasteiger partial charge in [0.15, 0.2) is 0 Å². The van der Waals surface area contributed by atoms with Gasteiger partial charge in [-0.2, -0.15) is 30.0 Å². The van der Waals surface area contributed by atoms with Gasteiger partial charge in [-0.15, -0.1) is 24.8 Å². The lowest BCUT2D eigenvalue weighted by Gasteiger charge is -2.36. The summed E-state index contributed by atoms with van der Waals surface area (Å²) < 4.78 is 105. The summed E-state index contributed by atoms with van der Waals surface area (Å²) in [6, 6.07) is 26.4. The Hall–Kier alpha value is -4.44. The van der Waals surface area contributed by atoms with E-state index in [2.05, 4.69) is 9.80 Å². The fourth-order valence-corrected chi connectivity index (χ4v) is 8.07. The van der Waals surface area contributed by atoms with Gasteiger partial charge >= 0.3 is 6.18 Å². The van der Waals surface area contributed by atoms with Crippen LogP contribution in [-0.4, -0.2) is 153 Å². The van der Waals surface area contributed by atoms with Crippen LogP contribution in [0.3, 0.4) is 0 Å². The number of ether oxygens (including phenoxy) is 2. The zero-order chi connectivity index (χ0) is 51.0. The molecule has 2 heterocycles. The second-order valence-electron chi connectivity index (χ2n) is 15.3. The number of nitrogen functional groups attached to an aromatic ring is 2. The van der Waals surface area contributed by atoms with E-state index in [1.807, 2.05) is 53.4 Å². The minimum Gasteiger partial charge on any atom is -0.494 e. The number of rotatable bonds is 20. The number of nitrogens with one attached hydrogen (secondary N) is 2. The van der Waals surface area contributed by atoms with Gasteiger partial charge in [0.2, 0.25) is 0 Å². The Morgan fingerprint density at radius 2 is 1.06 bits per heavy atom. The first-order valence-corrected chi connectivity index (χ1v) is 25.7. The Labute approximate surface area is 429 Å². The van der Waals surface area contributed by atoms with Crippen LogP contribution in [0.4, 0.5) is 24.5 Å². The molecule has 11 N–H and O–H groups in total. The third-order valence-corrected chi connectivity index (χ3v) is 12.6. The van der Waals surface area contributed by atoms with Gasteiger partial charge in [0.1, 0.15) is 23.2 Å². The van der Waals surface area contributed by atoms with E-state index in [0.29, 0.717) is 43.1 Å². The van der Waals surface area contributed by atoms with E-state index >= 15 is 0 Å². The van der Waals surface area contributed by atoms with Crippen molar-refractivity contribution >= 4 is 79.9 Å². The number of nitrogens with two attached hydrogens (primary N) is 2. The van der Waals surface area contributed by atoms with E-state index in [1.165, 1.54) is 23.9 Å². The molecular weight excluding hydrogens is 1040 g/mol. The van der Waals surface area contributed by atoms with Crippen LogP contribution in [0, 0.1) is 10.8 Å². The molecule has 0 atom stereocenters. The quantitative estimate of drug-likeness (QED) is 0.0220. The number of piperazine rings is 1. The minimum absolute atomic E-state index is 0. The summed E-state index contributed by atoms with van der Waals surface area (Å²) in [6.07, 6.45) is -0.579. The largest absolute Gasteiger partial charge is 0.494 e. The molecule has 2 aliphatic heterocycles. The Morgan fingerprint density at radius 3 is 1.46 bits per heavy atom. The van der Waals surface area contributed by atoms with Gasteiger partial charge < -0.3 is 46.1 Å².